The molecule has 2 aliphatic carbocycles. The summed E-state index contributed by atoms with van der Waals surface area (Å²) < 4.78 is 26.4. The van der Waals surface area contributed by atoms with Crippen LogP contribution in [0.4, 0.5) is 32.8 Å². The van der Waals surface area contributed by atoms with Crippen LogP contribution in [0.1, 0.15) is 82.2 Å². The lowest BCUT2D eigenvalue weighted by Crippen LogP contribution is -2.29. The van der Waals surface area contributed by atoms with Crippen molar-refractivity contribution in [3.63, 3.8) is 0 Å². The van der Waals surface area contributed by atoms with E-state index in [0.29, 0.717) is 0 Å². The predicted molar refractivity (Wildman–Crippen MR) is 311 cm³/mol. The zero-order chi connectivity index (χ0) is 50.5. The summed E-state index contributed by atoms with van der Waals surface area (Å²) in [7, 11) is 0. The summed E-state index contributed by atoms with van der Waals surface area (Å²) in [5.41, 5.74) is 15.9. The quantitative estimate of drug-likeness (QED) is 0.151. The van der Waals surface area contributed by atoms with Gasteiger partial charge in [0.05, 0.1) is 22.2 Å². The first-order valence-corrected chi connectivity index (χ1v) is 26.7. The minimum Gasteiger partial charge on any atom is -0.455 e. The van der Waals surface area contributed by atoms with Crippen molar-refractivity contribution in [2.24, 2.45) is 5.41 Å². The summed E-state index contributed by atoms with van der Waals surface area (Å²) in [6.45, 7) is 13.7. The lowest BCUT2D eigenvalue weighted by molar-refractivity contribution is 0.479. The molecule has 2 aliphatic rings. The van der Waals surface area contributed by atoms with Gasteiger partial charge in [0.15, 0.2) is 0 Å². The van der Waals surface area contributed by atoms with Gasteiger partial charge in [-0.25, -0.2) is 4.39 Å². The second kappa shape index (κ2) is 17.3. The average Bonchev–Trinajstić information content (AvgIpc) is 4.13. The Labute approximate surface area is 437 Å². The van der Waals surface area contributed by atoms with E-state index in [4.69, 9.17) is 4.42 Å². The van der Waals surface area contributed by atoms with Gasteiger partial charge in [0, 0.05) is 59.4 Å². The van der Waals surface area contributed by atoms with Gasteiger partial charge in [-0.05, 0) is 130 Å². The smallest absolute Gasteiger partial charge is 0.145 e. The lowest BCUT2D eigenvalue weighted by Gasteiger charge is -2.37. The number of anilines is 5. The number of rotatable bonds is 8. The zero-order valence-corrected chi connectivity index (χ0v) is 43.5. The van der Waals surface area contributed by atoms with Crippen molar-refractivity contribution < 1.29 is 8.81 Å². The van der Waals surface area contributed by atoms with Crippen molar-refractivity contribution >= 4 is 81.9 Å². The number of para-hydroxylation sites is 3. The first kappa shape index (κ1) is 45.8. The van der Waals surface area contributed by atoms with Crippen LogP contribution < -0.4 is 9.80 Å². The Balaban J connectivity index is 1.23. The topological polar surface area (TPSA) is 19.6 Å². The molecule has 0 spiro atoms. The number of benzene rings is 9. The van der Waals surface area contributed by atoms with Crippen LogP contribution in [0.5, 0.6) is 0 Å². The number of fused-ring (bicyclic) bond motifs is 11. The van der Waals surface area contributed by atoms with E-state index < -0.39 is 5.41 Å². The summed E-state index contributed by atoms with van der Waals surface area (Å²) in [5.74, 6) is -0.287. The molecule has 2 heterocycles. The highest BCUT2D eigenvalue weighted by Gasteiger charge is 2.50. The Morgan fingerprint density at radius 1 is 0.500 bits per heavy atom. The van der Waals surface area contributed by atoms with Gasteiger partial charge in [-0.1, -0.05) is 181 Å². The first-order valence-electron chi connectivity index (χ1n) is 25.9. The minimum absolute atomic E-state index is 0.0316. The maximum Gasteiger partial charge on any atom is 0.145 e. The van der Waals surface area contributed by atoms with E-state index in [-0.39, 0.29) is 16.6 Å². The van der Waals surface area contributed by atoms with Gasteiger partial charge >= 0.3 is 0 Å². The number of thiophene rings is 1. The molecular weight excluding hydrogens is 924 g/mol. The molecule has 3 nitrogen and oxygen atoms in total. The lowest BCUT2D eigenvalue weighted by atomic mass is 9.67. The van der Waals surface area contributed by atoms with Gasteiger partial charge < -0.3 is 14.2 Å². The van der Waals surface area contributed by atoms with E-state index in [1.54, 1.807) is 12.1 Å². The molecule has 0 radical (unpaired) electrons. The molecule has 0 amide bonds. The van der Waals surface area contributed by atoms with Crippen molar-refractivity contribution in [2.45, 2.75) is 65.2 Å². The fourth-order valence-electron chi connectivity index (χ4n) is 12.1. The van der Waals surface area contributed by atoms with Crippen molar-refractivity contribution in [3.05, 3.63) is 257 Å². The van der Waals surface area contributed by atoms with Crippen LogP contribution >= 0.6 is 11.3 Å². The van der Waals surface area contributed by atoms with Crippen LogP contribution in [0.15, 0.2) is 228 Å². The standard InChI is InChI=1S/C69H57FN2OS/c1-67(2,3)44-33-37-51(38-34-44)71(49-25-12-8-13-26-49)57-42-55-63(65-61(57)53-29-16-18-31-59(53)73-65)64-56(69(55,46-21-10-7-11-22-46)47-23-20-24-48(70)41-47)43-58(62-54-30-17-19-32-60(54)74-66(62)64)72(50-27-14-9-15-28-50)52-39-35-45(36-40-52)68(4,5)6/h7-35,37-39,41-43H,36,40H2,1-6H3. The highest BCUT2D eigenvalue weighted by Crippen LogP contribution is 2.65. The molecule has 1 atom stereocenters. The fraction of sp³-hybridized carbons (Fsp3) is 0.159. The average molecular weight is 981 g/mol. The van der Waals surface area contributed by atoms with Gasteiger partial charge in [0.2, 0.25) is 0 Å². The number of halogens is 1. The Morgan fingerprint density at radius 2 is 1.08 bits per heavy atom. The third-order valence-electron chi connectivity index (χ3n) is 15.7. The number of furan rings is 1. The monoisotopic (exact) mass is 980 g/mol. The van der Waals surface area contributed by atoms with Gasteiger partial charge in [-0.2, -0.15) is 0 Å². The largest absolute Gasteiger partial charge is 0.455 e. The molecule has 74 heavy (non-hydrogen) atoms. The summed E-state index contributed by atoms with van der Waals surface area (Å²) in [6.07, 6.45) is 6.55. The summed E-state index contributed by atoms with van der Waals surface area (Å²) in [4.78, 5) is 4.91. The molecule has 0 fully saturated rings. The molecule has 5 heteroatoms. The minimum atomic E-state index is -1.03. The Kier molecular flexibility index (Phi) is 10.7. The Hall–Kier alpha value is -7.99. The molecule has 13 rings (SSSR count). The number of hydrogen-bond donors (Lipinski definition) is 0. The first-order chi connectivity index (χ1) is 35.9. The summed E-state index contributed by atoms with van der Waals surface area (Å²) >= 11 is 1.84. The van der Waals surface area contributed by atoms with Gasteiger partial charge in [-0.15, -0.1) is 11.3 Å². The van der Waals surface area contributed by atoms with E-state index in [9.17, 15) is 0 Å². The van der Waals surface area contributed by atoms with E-state index >= 15 is 4.39 Å². The van der Waals surface area contributed by atoms with Crippen LogP contribution in [0.2, 0.25) is 0 Å². The highest BCUT2D eigenvalue weighted by atomic mass is 32.1. The maximum absolute atomic E-state index is 16.6. The molecule has 0 aliphatic heterocycles. The number of nitrogens with zero attached hydrogens (tertiary/aromatic N) is 2. The van der Waals surface area contributed by atoms with Crippen LogP contribution in [0.3, 0.4) is 0 Å². The summed E-state index contributed by atoms with van der Waals surface area (Å²) in [6, 6.07) is 71.0. The molecule has 1 unspecified atom stereocenters. The SMILES string of the molecule is CC(C)(C)C1=CC=C(N(c2ccccc2)c2cc3c(c4sc5ccccc5c24)-c2c(cc(N(c4ccccc4)c4ccc(C(C)(C)C)cc4)c4c2oc2ccccc24)C3(c2ccccc2)c2cccc(F)c2)CC1. The van der Waals surface area contributed by atoms with Crippen LogP contribution in [0.25, 0.3) is 53.2 Å². The molecule has 9 aromatic carbocycles. The molecule has 0 N–H and O–H groups in total. The number of allylic oxidation sites excluding steroid dienone is 4. The van der Waals surface area contributed by atoms with Gasteiger partial charge in [0.25, 0.3) is 0 Å². The van der Waals surface area contributed by atoms with E-state index in [0.717, 1.165) is 96.6 Å². The zero-order valence-electron chi connectivity index (χ0n) is 42.7. The normalized spacial score (nSPS) is 15.6. The van der Waals surface area contributed by atoms with Crippen molar-refractivity contribution in [1.82, 2.24) is 0 Å². The van der Waals surface area contributed by atoms with E-state index in [1.807, 2.05) is 17.4 Å². The maximum atomic E-state index is 16.6. The van der Waals surface area contributed by atoms with Crippen molar-refractivity contribution in [1.29, 1.82) is 0 Å². The van der Waals surface area contributed by atoms with Crippen LogP contribution in [0, 0.1) is 11.2 Å². The molecule has 2 aromatic heterocycles. The molecule has 0 saturated carbocycles. The van der Waals surface area contributed by atoms with Crippen LogP contribution in [-0.2, 0) is 10.8 Å². The molecule has 0 bridgehead atoms. The van der Waals surface area contributed by atoms with E-state index in [2.05, 4.69) is 245 Å². The van der Waals surface area contributed by atoms with Gasteiger partial charge in [0.1, 0.15) is 17.0 Å². The Morgan fingerprint density at radius 3 is 1.73 bits per heavy atom. The predicted octanol–water partition coefficient (Wildman–Crippen LogP) is 20.0. The van der Waals surface area contributed by atoms with Crippen LogP contribution in [-0.4, -0.2) is 0 Å². The third-order valence-corrected chi connectivity index (χ3v) is 16.8. The fourth-order valence-corrected chi connectivity index (χ4v) is 13.4. The van der Waals surface area contributed by atoms with Crippen molar-refractivity contribution in [3.8, 4) is 11.1 Å². The summed E-state index contributed by atoms with van der Waals surface area (Å²) in [5, 5.41) is 4.44. The second-order valence-corrected chi connectivity index (χ2v) is 23.2. The van der Waals surface area contributed by atoms with Crippen molar-refractivity contribution in [2.75, 3.05) is 9.80 Å². The van der Waals surface area contributed by atoms with Gasteiger partial charge in [-0.3, -0.25) is 0 Å². The third kappa shape index (κ3) is 7.19. The van der Waals surface area contributed by atoms with E-state index in [1.165, 1.54) is 37.0 Å². The molecular formula is C69H57FN2OS. The number of hydrogen-bond acceptors (Lipinski definition) is 4. The highest BCUT2D eigenvalue weighted by molar-refractivity contribution is 7.26. The second-order valence-electron chi connectivity index (χ2n) is 22.1. The Bertz CT molecular complexity index is 4040. The molecule has 0 saturated heterocycles. The molecule has 362 valence electrons. The molecule has 11 aromatic rings.